The fourth-order valence-corrected chi connectivity index (χ4v) is 2.76. The van der Waals surface area contributed by atoms with Crippen LogP contribution in [0.15, 0.2) is 24.3 Å². The van der Waals surface area contributed by atoms with E-state index in [1.165, 1.54) is 17.4 Å². The average Bonchev–Trinajstić information content (AvgIpc) is 2.87. The standard InChI is InChI=1S/C15H20FN3S/c1-11(2)10-17-9-5-8-14-18-19-15(20-14)12-6-3-4-7-13(12)16/h3-4,6-7,11,17H,5,8-10H2,1-2H3. The van der Waals surface area contributed by atoms with Gasteiger partial charge in [-0.2, -0.15) is 0 Å². The molecule has 0 unspecified atom stereocenters. The number of hydrogen-bond acceptors (Lipinski definition) is 4. The molecule has 0 atom stereocenters. The van der Waals surface area contributed by atoms with Crippen LogP contribution in [0.1, 0.15) is 25.3 Å². The van der Waals surface area contributed by atoms with Gasteiger partial charge in [0.1, 0.15) is 10.8 Å². The maximum Gasteiger partial charge on any atom is 0.150 e. The van der Waals surface area contributed by atoms with Crippen molar-refractivity contribution >= 4 is 11.3 Å². The summed E-state index contributed by atoms with van der Waals surface area (Å²) in [5, 5.41) is 13.2. The van der Waals surface area contributed by atoms with Crippen LogP contribution in [0.25, 0.3) is 10.6 Å². The van der Waals surface area contributed by atoms with E-state index in [4.69, 9.17) is 0 Å². The lowest BCUT2D eigenvalue weighted by Gasteiger charge is -2.05. The van der Waals surface area contributed by atoms with Crippen molar-refractivity contribution in [3.05, 3.63) is 35.1 Å². The van der Waals surface area contributed by atoms with E-state index in [0.717, 1.165) is 30.9 Å². The third-order valence-electron chi connectivity index (χ3n) is 2.87. The van der Waals surface area contributed by atoms with Crippen molar-refractivity contribution in [1.29, 1.82) is 0 Å². The van der Waals surface area contributed by atoms with E-state index >= 15 is 0 Å². The predicted molar refractivity (Wildman–Crippen MR) is 81.3 cm³/mol. The molecule has 2 aromatic rings. The SMILES string of the molecule is CC(C)CNCCCc1nnc(-c2ccccc2F)s1. The van der Waals surface area contributed by atoms with Crippen LogP contribution < -0.4 is 5.32 Å². The van der Waals surface area contributed by atoms with Crippen molar-refractivity contribution < 1.29 is 4.39 Å². The predicted octanol–water partition coefficient (Wildman–Crippen LogP) is 3.52. The largest absolute Gasteiger partial charge is 0.316 e. The van der Waals surface area contributed by atoms with Crippen molar-refractivity contribution in [1.82, 2.24) is 15.5 Å². The molecular weight excluding hydrogens is 273 g/mol. The van der Waals surface area contributed by atoms with Crippen molar-refractivity contribution in [3.63, 3.8) is 0 Å². The number of nitrogens with zero attached hydrogens (tertiary/aromatic N) is 2. The Morgan fingerprint density at radius 3 is 2.80 bits per heavy atom. The Balaban J connectivity index is 1.85. The van der Waals surface area contributed by atoms with Gasteiger partial charge in [0.15, 0.2) is 5.01 Å². The fraction of sp³-hybridized carbons (Fsp3) is 0.467. The number of aryl methyl sites for hydroxylation is 1. The Kier molecular flexibility index (Phi) is 5.61. The van der Waals surface area contributed by atoms with Crippen LogP contribution >= 0.6 is 11.3 Å². The first-order valence-electron chi connectivity index (χ1n) is 6.95. The van der Waals surface area contributed by atoms with E-state index in [1.807, 2.05) is 6.07 Å². The highest BCUT2D eigenvalue weighted by atomic mass is 32.1. The Bertz CT molecular complexity index is 539. The van der Waals surface area contributed by atoms with Crippen LogP contribution in [0.5, 0.6) is 0 Å². The van der Waals surface area contributed by atoms with Crippen LogP contribution in [0.4, 0.5) is 4.39 Å². The molecule has 5 heteroatoms. The summed E-state index contributed by atoms with van der Waals surface area (Å²) in [5.74, 6) is 0.429. The average molecular weight is 293 g/mol. The first kappa shape index (κ1) is 15.1. The summed E-state index contributed by atoms with van der Waals surface area (Å²) in [6.45, 7) is 6.40. The maximum absolute atomic E-state index is 13.6. The second kappa shape index (κ2) is 7.45. The Morgan fingerprint density at radius 2 is 2.05 bits per heavy atom. The molecule has 2 rings (SSSR count). The second-order valence-corrected chi connectivity index (χ2v) is 6.24. The summed E-state index contributed by atoms with van der Waals surface area (Å²) in [5.41, 5.74) is 0.536. The first-order valence-corrected chi connectivity index (χ1v) is 7.76. The summed E-state index contributed by atoms with van der Waals surface area (Å²) in [6, 6.07) is 6.69. The Hall–Kier alpha value is -1.33. The quantitative estimate of drug-likeness (QED) is 0.794. The third-order valence-corrected chi connectivity index (χ3v) is 3.88. The molecule has 0 radical (unpaired) electrons. The molecule has 0 aliphatic heterocycles. The molecule has 108 valence electrons. The van der Waals surface area contributed by atoms with Crippen LogP contribution in [0, 0.1) is 11.7 Å². The highest BCUT2D eigenvalue weighted by molar-refractivity contribution is 7.14. The molecule has 1 N–H and O–H groups in total. The second-order valence-electron chi connectivity index (χ2n) is 5.18. The lowest BCUT2D eigenvalue weighted by atomic mass is 10.2. The molecule has 0 amide bonds. The third kappa shape index (κ3) is 4.35. The normalized spacial score (nSPS) is 11.2. The van der Waals surface area contributed by atoms with Gasteiger partial charge in [0, 0.05) is 12.0 Å². The first-order chi connectivity index (χ1) is 9.66. The molecule has 0 saturated carbocycles. The molecule has 0 spiro atoms. The lowest BCUT2D eigenvalue weighted by Crippen LogP contribution is -2.21. The van der Waals surface area contributed by atoms with E-state index < -0.39 is 0 Å². The molecule has 1 aromatic heterocycles. The van der Waals surface area contributed by atoms with Gasteiger partial charge in [-0.25, -0.2) is 4.39 Å². The van der Waals surface area contributed by atoms with Gasteiger partial charge in [-0.1, -0.05) is 37.3 Å². The van der Waals surface area contributed by atoms with Gasteiger partial charge < -0.3 is 5.32 Å². The van der Waals surface area contributed by atoms with E-state index in [2.05, 4.69) is 29.4 Å². The fourth-order valence-electron chi connectivity index (χ4n) is 1.85. The molecular formula is C15H20FN3S. The van der Waals surface area contributed by atoms with Gasteiger partial charge >= 0.3 is 0 Å². The maximum atomic E-state index is 13.6. The summed E-state index contributed by atoms with van der Waals surface area (Å²) >= 11 is 1.47. The van der Waals surface area contributed by atoms with E-state index in [1.54, 1.807) is 12.1 Å². The minimum Gasteiger partial charge on any atom is -0.316 e. The highest BCUT2D eigenvalue weighted by Crippen LogP contribution is 2.26. The molecule has 0 aliphatic carbocycles. The van der Waals surface area contributed by atoms with Gasteiger partial charge in [-0.05, 0) is 37.6 Å². The van der Waals surface area contributed by atoms with Gasteiger partial charge in [0.2, 0.25) is 0 Å². The number of aromatic nitrogens is 2. The monoisotopic (exact) mass is 293 g/mol. The van der Waals surface area contributed by atoms with Crippen LogP contribution in [0.3, 0.4) is 0 Å². The Morgan fingerprint density at radius 1 is 1.25 bits per heavy atom. The van der Waals surface area contributed by atoms with E-state index in [9.17, 15) is 4.39 Å². The number of benzene rings is 1. The van der Waals surface area contributed by atoms with E-state index in [0.29, 0.717) is 16.5 Å². The number of nitrogens with one attached hydrogen (secondary N) is 1. The molecule has 0 saturated heterocycles. The van der Waals surface area contributed by atoms with Crippen LogP contribution in [0.2, 0.25) is 0 Å². The Labute approximate surface area is 123 Å². The number of rotatable bonds is 7. The molecule has 3 nitrogen and oxygen atoms in total. The summed E-state index contributed by atoms with van der Waals surface area (Å²) in [7, 11) is 0. The van der Waals surface area contributed by atoms with Crippen molar-refractivity contribution in [3.8, 4) is 10.6 Å². The van der Waals surface area contributed by atoms with Crippen LogP contribution in [-0.2, 0) is 6.42 Å². The zero-order valence-electron chi connectivity index (χ0n) is 11.9. The highest BCUT2D eigenvalue weighted by Gasteiger charge is 2.10. The molecule has 20 heavy (non-hydrogen) atoms. The van der Waals surface area contributed by atoms with Gasteiger partial charge in [0.05, 0.1) is 0 Å². The molecule has 1 aromatic carbocycles. The number of halogens is 1. The van der Waals surface area contributed by atoms with Crippen LogP contribution in [-0.4, -0.2) is 23.3 Å². The summed E-state index contributed by atoms with van der Waals surface area (Å²) in [4.78, 5) is 0. The minimum absolute atomic E-state index is 0.242. The molecule has 1 heterocycles. The van der Waals surface area contributed by atoms with Gasteiger partial charge in [-0.3, -0.25) is 0 Å². The van der Waals surface area contributed by atoms with E-state index in [-0.39, 0.29) is 5.82 Å². The van der Waals surface area contributed by atoms with Crippen molar-refractivity contribution in [2.75, 3.05) is 13.1 Å². The molecule has 0 fully saturated rings. The number of hydrogen-bond donors (Lipinski definition) is 1. The lowest BCUT2D eigenvalue weighted by molar-refractivity contribution is 0.542. The zero-order valence-corrected chi connectivity index (χ0v) is 12.7. The summed E-state index contributed by atoms with van der Waals surface area (Å²) in [6.07, 6.45) is 1.91. The van der Waals surface area contributed by atoms with Gasteiger partial charge in [0.25, 0.3) is 0 Å². The molecule has 0 aliphatic rings. The summed E-state index contributed by atoms with van der Waals surface area (Å²) < 4.78 is 13.6. The smallest absolute Gasteiger partial charge is 0.150 e. The van der Waals surface area contributed by atoms with Crippen molar-refractivity contribution in [2.24, 2.45) is 5.92 Å². The van der Waals surface area contributed by atoms with Gasteiger partial charge in [-0.15, -0.1) is 10.2 Å². The molecule has 0 bridgehead atoms. The topological polar surface area (TPSA) is 37.8 Å². The zero-order chi connectivity index (χ0) is 14.4. The van der Waals surface area contributed by atoms with Crippen molar-refractivity contribution in [2.45, 2.75) is 26.7 Å². The minimum atomic E-state index is -0.242.